The minimum Gasteiger partial charge on any atom is -0.338 e. The molecule has 0 bridgehead atoms. The average molecular weight is 392 g/mol. The van der Waals surface area contributed by atoms with Gasteiger partial charge in [-0.15, -0.1) is 0 Å². The molecular weight excluding hydrogens is 373 g/mol. The van der Waals surface area contributed by atoms with Gasteiger partial charge < -0.3 is 10.2 Å². The maximum Gasteiger partial charge on any atom is 0.416 e. The van der Waals surface area contributed by atoms with Crippen molar-refractivity contribution in [3.05, 3.63) is 29.8 Å². The summed E-state index contributed by atoms with van der Waals surface area (Å²) in [5.74, 6) is -1.05. The molecule has 0 aromatic heterocycles. The lowest BCUT2D eigenvalue weighted by Gasteiger charge is -2.26. The Labute approximate surface area is 149 Å². The number of rotatable bonds is 5. The van der Waals surface area contributed by atoms with E-state index in [1.54, 1.807) is 0 Å². The van der Waals surface area contributed by atoms with Crippen molar-refractivity contribution in [1.29, 1.82) is 0 Å². The highest BCUT2D eigenvalue weighted by Gasteiger charge is 2.33. The largest absolute Gasteiger partial charge is 0.416 e. The summed E-state index contributed by atoms with van der Waals surface area (Å²) in [6, 6.07) is 3.76. The van der Waals surface area contributed by atoms with Gasteiger partial charge in [0.25, 0.3) is 0 Å². The third kappa shape index (κ3) is 5.45. The van der Waals surface area contributed by atoms with Crippen molar-refractivity contribution in [2.75, 3.05) is 23.4 Å². The number of halogens is 3. The number of amides is 2. The summed E-state index contributed by atoms with van der Waals surface area (Å²) >= 11 is 0. The molecule has 0 aliphatic carbocycles. The Morgan fingerprint density at radius 1 is 1.31 bits per heavy atom. The lowest BCUT2D eigenvalue weighted by molar-refractivity contribution is -0.137. The van der Waals surface area contributed by atoms with Crippen molar-refractivity contribution in [2.24, 2.45) is 0 Å². The second-order valence-corrected chi connectivity index (χ2v) is 8.37. The topological polar surface area (TPSA) is 83.6 Å². The number of benzene rings is 1. The first kappa shape index (κ1) is 20.2. The van der Waals surface area contributed by atoms with E-state index in [0.717, 1.165) is 12.1 Å². The van der Waals surface area contributed by atoms with E-state index in [4.69, 9.17) is 0 Å². The van der Waals surface area contributed by atoms with Crippen LogP contribution in [-0.2, 0) is 25.6 Å². The van der Waals surface area contributed by atoms with Crippen molar-refractivity contribution in [2.45, 2.75) is 32.0 Å². The van der Waals surface area contributed by atoms with Crippen LogP contribution in [0.4, 0.5) is 18.9 Å². The molecule has 1 fully saturated rings. The molecule has 1 aromatic carbocycles. The molecule has 1 unspecified atom stereocenters. The van der Waals surface area contributed by atoms with Gasteiger partial charge in [-0.05, 0) is 24.6 Å². The van der Waals surface area contributed by atoms with Gasteiger partial charge in [-0.25, -0.2) is 8.42 Å². The van der Waals surface area contributed by atoms with Gasteiger partial charge in [-0.1, -0.05) is 6.07 Å². The van der Waals surface area contributed by atoms with Crippen molar-refractivity contribution in [3.8, 4) is 0 Å². The third-order valence-corrected chi connectivity index (χ3v) is 5.86. The maximum absolute atomic E-state index is 12.7. The molecule has 144 valence electrons. The van der Waals surface area contributed by atoms with Gasteiger partial charge >= 0.3 is 6.18 Å². The predicted octanol–water partition coefficient (Wildman–Crippen LogP) is 2.07. The summed E-state index contributed by atoms with van der Waals surface area (Å²) in [5, 5.41) is 2.36. The quantitative estimate of drug-likeness (QED) is 0.832. The second-order valence-electron chi connectivity index (χ2n) is 6.15. The number of alkyl halides is 3. The molecule has 10 heteroatoms. The van der Waals surface area contributed by atoms with Gasteiger partial charge in [0.15, 0.2) is 9.84 Å². The van der Waals surface area contributed by atoms with Crippen LogP contribution in [0.2, 0.25) is 0 Å². The Bertz CT molecular complexity index is 793. The van der Waals surface area contributed by atoms with E-state index in [2.05, 4.69) is 5.32 Å². The summed E-state index contributed by atoms with van der Waals surface area (Å²) in [4.78, 5) is 25.1. The monoisotopic (exact) mass is 392 g/mol. The van der Waals surface area contributed by atoms with E-state index in [1.165, 1.54) is 24.0 Å². The van der Waals surface area contributed by atoms with Gasteiger partial charge in [0.2, 0.25) is 11.8 Å². The average Bonchev–Trinajstić information content (AvgIpc) is 2.86. The fraction of sp³-hybridized carbons (Fsp3) is 0.500. The van der Waals surface area contributed by atoms with Crippen LogP contribution in [0.15, 0.2) is 24.3 Å². The summed E-state index contributed by atoms with van der Waals surface area (Å²) in [6.07, 6.45) is -4.34. The van der Waals surface area contributed by atoms with Gasteiger partial charge in [-0.2, -0.15) is 13.2 Å². The molecule has 1 aliphatic heterocycles. The van der Waals surface area contributed by atoms with Gasteiger partial charge in [0, 0.05) is 31.6 Å². The fourth-order valence-corrected chi connectivity index (χ4v) is 4.57. The van der Waals surface area contributed by atoms with Crippen molar-refractivity contribution >= 4 is 27.3 Å². The SMILES string of the molecule is CC(=O)N(CCC(=O)Nc1cccc(C(F)(F)F)c1)C1CCS(=O)(=O)C1. The van der Waals surface area contributed by atoms with Crippen LogP contribution < -0.4 is 5.32 Å². The van der Waals surface area contributed by atoms with E-state index in [0.29, 0.717) is 6.42 Å². The van der Waals surface area contributed by atoms with Gasteiger partial charge in [0.1, 0.15) is 0 Å². The van der Waals surface area contributed by atoms with E-state index in [9.17, 15) is 31.2 Å². The molecule has 0 radical (unpaired) electrons. The molecule has 26 heavy (non-hydrogen) atoms. The fourth-order valence-electron chi connectivity index (χ4n) is 2.84. The first-order valence-electron chi connectivity index (χ1n) is 7.93. The van der Waals surface area contributed by atoms with Crippen LogP contribution in [-0.4, -0.2) is 49.2 Å². The predicted molar refractivity (Wildman–Crippen MR) is 89.1 cm³/mol. The van der Waals surface area contributed by atoms with E-state index >= 15 is 0 Å². The summed E-state index contributed by atoms with van der Waals surface area (Å²) in [5.41, 5.74) is -0.875. The first-order valence-corrected chi connectivity index (χ1v) is 9.75. The summed E-state index contributed by atoms with van der Waals surface area (Å²) < 4.78 is 61.1. The highest BCUT2D eigenvalue weighted by Crippen LogP contribution is 2.30. The number of hydrogen-bond donors (Lipinski definition) is 1. The van der Waals surface area contributed by atoms with Crippen LogP contribution in [0, 0.1) is 0 Å². The Hall–Kier alpha value is -2.10. The Morgan fingerprint density at radius 3 is 2.54 bits per heavy atom. The molecule has 1 heterocycles. The minimum absolute atomic E-state index is 0.000312. The smallest absolute Gasteiger partial charge is 0.338 e. The molecule has 1 aliphatic rings. The molecule has 6 nitrogen and oxygen atoms in total. The molecule has 1 aromatic rings. The molecular formula is C16H19F3N2O4S. The number of sulfone groups is 1. The lowest BCUT2D eigenvalue weighted by Crippen LogP contribution is -2.41. The molecule has 2 amide bonds. The molecule has 0 saturated carbocycles. The molecule has 2 rings (SSSR count). The zero-order valence-electron chi connectivity index (χ0n) is 14.0. The van der Waals surface area contributed by atoms with Gasteiger partial charge in [0.05, 0.1) is 17.1 Å². The maximum atomic E-state index is 12.7. The normalized spacial score (nSPS) is 19.2. The summed E-state index contributed by atoms with van der Waals surface area (Å²) in [7, 11) is -3.18. The Balaban J connectivity index is 1.96. The molecule has 1 atom stereocenters. The molecule has 0 spiro atoms. The Kier molecular flexibility index (Phi) is 5.94. The zero-order chi connectivity index (χ0) is 19.5. The van der Waals surface area contributed by atoms with Crippen molar-refractivity contribution < 1.29 is 31.2 Å². The molecule has 1 N–H and O–H groups in total. The minimum atomic E-state index is -4.51. The van der Waals surface area contributed by atoms with E-state index < -0.39 is 33.5 Å². The third-order valence-electron chi connectivity index (χ3n) is 4.11. The van der Waals surface area contributed by atoms with E-state index in [-0.39, 0.29) is 36.1 Å². The number of anilines is 1. The summed E-state index contributed by atoms with van der Waals surface area (Å²) in [6.45, 7) is 1.29. The highest BCUT2D eigenvalue weighted by molar-refractivity contribution is 7.91. The van der Waals surface area contributed by atoms with Crippen molar-refractivity contribution in [3.63, 3.8) is 0 Å². The number of hydrogen-bond acceptors (Lipinski definition) is 4. The highest BCUT2D eigenvalue weighted by atomic mass is 32.2. The van der Waals surface area contributed by atoms with Crippen LogP contribution in [0.3, 0.4) is 0 Å². The standard InChI is InChI=1S/C16H19F3N2O4S/c1-11(22)21(14-6-8-26(24,25)10-14)7-5-15(23)20-13-4-2-3-12(9-13)16(17,18)19/h2-4,9,14H,5-8,10H2,1H3,(H,20,23). The Morgan fingerprint density at radius 2 is 2.00 bits per heavy atom. The number of nitrogens with one attached hydrogen (secondary N) is 1. The van der Waals surface area contributed by atoms with Gasteiger partial charge in [-0.3, -0.25) is 9.59 Å². The van der Waals surface area contributed by atoms with Crippen LogP contribution >= 0.6 is 0 Å². The molecule has 1 saturated heterocycles. The van der Waals surface area contributed by atoms with Crippen LogP contribution in [0.1, 0.15) is 25.3 Å². The second kappa shape index (κ2) is 7.65. The first-order chi connectivity index (χ1) is 12.0. The number of carbonyl (C=O) groups excluding carboxylic acids is 2. The van der Waals surface area contributed by atoms with E-state index in [1.807, 2.05) is 0 Å². The number of nitrogens with zero attached hydrogens (tertiary/aromatic N) is 1. The zero-order valence-corrected chi connectivity index (χ0v) is 14.9. The van der Waals surface area contributed by atoms with Crippen molar-refractivity contribution in [1.82, 2.24) is 4.90 Å². The van der Waals surface area contributed by atoms with Crippen LogP contribution in [0.25, 0.3) is 0 Å². The van der Waals surface area contributed by atoms with Crippen LogP contribution in [0.5, 0.6) is 0 Å². The number of carbonyl (C=O) groups is 2. The lowest BCUT2D eigenvalue weighted by atomic mass is 10.2.